The van der Waals surface area contributed by atoms with Crippen LogP contribution in [-0.4, -0.2) is 30.6 Å². The maximum atomic E-state index is 11.1. The van der Waals surface area contributed by atoms with Crippen molar-refractivity contribution in [2.45, 2.75) is 51.6 Å². The van der Waals surface area contributed by atoms with Crippen molar-refractivity contribution in [1.82, 2.24) is 0 Å². The first-order valence-corrected chi connectivity index (χ1v) is 6.98. The molecule has 2 atom stereocenters. The van der Waals surface area contributed by atoms with Gasteiger partial charge in [0.15, 0.2) is 5.79 Å². The van der Waals surface area contributed by atoms with Gasteiger partial charge in [0.25, 0.3) is 0 Å². The summed E-state index contributed by atoms with van der Waals surface area (Å²) < 4.78 is 16.4. The van der Waals surface area contributed by atoms with Crippen molar-refractivity contribution in [3.63, 3.8) is 0 Å². The highest BCUT2D eigenvalue weighted by Gasteiger charge is 2.31. The molecule has 2 aliphatic heterocycles. The summed E-state index contributed by atoms with van der Waals surface area (Å²) in [4.78, 5) is 11.1. The third-order valence-corrected chi connectivity index (χ3v) is 3.23. The molecular formula is C16H22O4. The quantitative estimate of drug-likeness (QED) is 0.586. The van der Waals surface area contributed by atoms with E-state index in [1.54, 1.807) is 0 Å². The van der Waals surface area contributed by atoms with Gasteiger partial charge in [-0.25, -0.2) is 4.79 Å². The van der Waals surface area contributed by atoms with Crippen molar-refractivity contribution in [1.29, 1.82) is 0 Å². The first-order chi connectivity index (χ1) is 9.44. The maximum absolute atomic E-state index is 11.1. The Kier molecular flexibility index (Phi) is 4.78. The van der Waals surface area contributed by atoms with Crippen LogP contribution in [0.15, 0.2) is 36.0 Å². The molecule has 4 heteroatoms. The van der Waals surface area contributed by atoms with Crippen LogP contribution in [0.3, 0.4) is 0 Å². The Bertz CT molecular complexity index is 445. The highest BCUT2D eigenvalue weighted by molar-refractivity contribution is 5.82. The molecule has 0 saturated carbocycles. The molecule has 0 aliphatic carbocycles. The Morgan fingerprint density at radius 2 is 2.30 bits per heavy atom. The molecule has 2 aliphatic rings. The van der Waals surface area contributed by atoms with Gasteiger partial charge >= 0.3 is 5.97 Å². The zero-order valence-corrected chi connectivity index (χ0v) is 12.3. The van der Waals surface area contributed by atoms with Crippen LogP contribution in [0.5, 0.6) is 0 Å². The van der Waals surface area contributed by atoms with E-state index in [9.17, 15) is 4.79 Å². The fourth-order valence-electron chi connectivity index (χ4n) is 2.18. The van der Waals surface area contributed by atoms with Gasteiger partial charge in [0.1, 0.15) is 6.10 Å². The van der Waals surface area contributed by atoms with Crippen LogP contribution < -0.4 is 0 Å². The van der Waals surface area contributed by atoms with Gasteiger partial charge in [0.2, 0.25) is 0 Å². The van der Waals surface area contributed by atoms with Crippen molar-refractivity contribution in [2.24, 2.45) is 0 Å². The molecule has 0 aromatic carbocycles. The molecule has 0 aromatic rings. The van der Waals surface area contributed by atoms with Gasteiger partial charge in [-0.2, -0.15) is 0 Å². The van der Waals surface area contributed by atoms with Crippen molar-refractivity contribution in [2.75, 3.05) is 6.61 Å². The van der Waals surface area contributed by atoms with Crippen molar-refractivity contribution in [3.05, 3.63) is 36.0 Å². The number of cyclic esters (lactones) is 1. The van der Waals surface area contributed by atoms with Gasteiger partial charge in [-0.3, -0.25) is 0 Å². The second kappa shape index (κ2) is 6.37. The van der Waals surface area contributed by atoms with E-state index in [1.807, 2.05) is 39.0 Å². The van der Waals surface area contributed by atoms with E-state index in [2.05, 4.69) is 6.08 Å². The van der Waals surface area contributed by atoms with E-state index < -0.39 is 5.79 Å². The van der Waals surface area contributed by atoms with E-state index in [0.29, 0.717) is 6.61 Å². The standard InChI is InChI=1S/C16H22O4/c1-12(7-9-13-5-4-6-15(17)19-13)8-10-14-11-18-16(2,3)20-14/h4,6-9,13-14H,5,10-11H2,1-3H3/b9-7+,12-8+/t13?,14-/m1/s1. The SMILES string of the molecule is CC(/C=C/C1CC=CC(=O)O1)=C\C[C@@H]1COC(C)(C)O1. The predicted octanol–water partition coefficient (Wildman–Crippen LogP) is 2.90. The largest absolute Gasteiger partial charge is 0.455 e. The molecule has 1 fully saturated rings. The minimum Gasteiger partial charge on any atom is -0.455 e. The summed E-state index contributed by atoms with van der Waals surface area (Å²) in [5.41, 5.74) is 1.13. The number of hydrogen-bond acceptors (Lipinski definition) is 4. The van der Waals surface area contributed by atoms with E-state index in [0.717, 1.165) is 18.4 Å². The fourth-order valence-corrected chi connectivity index (χ4v) is 2.18. The summed E-state index contributed by atoms with van der Waals surface area (Å²) in [6.45, 7) is 6.51. The average molecular weight is 278 g/mol. The lowest BCUT2D eigenvalue weighted by Gasteiger charge is -2.16. The molecule has 1 saturated heterocycles. The molecule has 0 N–H and O–H groups in total. The summed E-state index contributed by atoms with van der Waals surface area (Å²) in [6.07, 6.45) is 10.9. The minimum absolute atomic E-state index is 0.115. The third-order valence-electron chi connectivity index (χ3n) is 3.23. The smallest absolute Gasteiger partial charge is 0.331 e. The van der Waals surface area contributed by atoms with Crippen molar-refractivity contribution < 1.29 is 19.0 Å². The van der Waals surface area contributed by atoms with Crippen LogP contribution in [0.25, 0.3) is 0 Å². The summed E-state index contributed by atoms with van der Waals surface area (Å²) in [6, 6.07) is 0. The Balaban J connectivity index is 1.79. The normalized spacial score (nSPS) is 29.9. The summed E-state index contributed by atoms with van der Waals surface area (Å²) in [5.74, 6) is -0.739. The molecule has 4 nitrogen and oxygen atoms in total. The number of carbonyl (C=O) groups is 1. The highest BCUT2D eigenvalue weighted by Crippen LogP contribution is 2.24. The zero-order valence-electron chi connectivity index (χ0n) is 12.3. The van der Waals surface area contributed by atoms with E-state index in [1.165, 1.54) is 6.08 Å². The van der Waals surface area contributed by atoms with Gasteiger partial charge in [-0.05, 0) is 33.3 Å². The topological polar surface area (TPSA) is 44.8 Å². The number of hydrogen-bond donors (Lipinski definition) is 0. The Morgan fingerprint density at radius 1 is 1.50 bits per heavy atom. The van der Waals surface area contributed by atoms with E-state index >= 15 is 0 Å². The van der Waals surface area contributed by atoms with Crippen LogP contribution in [0.4, 0.5) is 0 Å². The Labute approximate surface area is 120 Å². The van der Waals surface area contributed by atoms with E-state index in [4.69, 9.17) is 14.2 Å². The Morgan fingerprint density at radius 3 is 2.95 bits per heavy atom. The second-order valence-electron chi connectivity index (χ2n) is 5.61. The molecule has 2 heterocycles. The molecule has 110 valence electrons. The van der Waals surface area contributed by atoms with Crippen LogP contribution in [0.2, 0.25) is 0 Å². The molecule has 0 bridgehead atoms. The van der Waals surface area contributed by atoms with Crippen molar-refractivity contribution >= 4 is 5.97 Å². The third kappa shape index (κ3) is 4.62. The zero-order chi connectivity index (χ0) is 14.6. The van der Waals surface area contributed by atoms with Crippen LogP contribution in [-0.2, 0) is 19.0 Å². The molecule has 2 rings (SSSR count). The molecule has 0 radical (unpaired) electrons. The lowest BCUT2D eigenvalue weighted by atomic mass is 10.1. The molecule has 0 aromatic heterocycles. The number of allylic oxidation sites excluding steroid dienone is 2. The highest BCUT2D eigenvalue weighted by atomic mass is 16.7. The lowest BCUT2D eigenvalue weighted by Crippen LogP contribution is -2.21. The summed E-state index contributed by atoms with van der Waals surface area (Å²) in [5, 5.41) is 0. The van der Waals surface area contributed by atoms with Gasteiger partial charge in [0.05, 0.1) is 12.7 Å². The van der Waals surface area contributed by atoms with Crippen LogP contribution >= 0.6 is 0 Å². The summed E-state index contributed by atoms with van der Waals surface area (Å²) in [7, 11) is 0. The molecule has 0 amide bonds. The Hall–Kier alpha value is -1.39. The van der Waals surface area contributed by atoms with E-state index in [-0.39, 0.29) is 18.2 Å². The average Bonchev–Trinajstić information content (AvgIpc) is 2.74. The first-order valence-electron chi connectivity index (χ1n) is 6.98. The van der Waals surface area contributed by atoms with Gasteiger partial charge in [-0.15, -0.1) is 0 Å². The fraction of sp³-hybridized carbons (Fsp3) is 0.562. The molecule has 0 spiro atoms. The number of rotatable bonds is 4. The lowest BCUT2D eigenvalue weighted by molar-refractivity contribution is -0.141. The van der Waals surface area contributed by atoms with Gasteiger partial charge in [-0.1, -0.05) is 23.8 Å². The van der Waals surface area contributed by atoms with Crippen LogP contribution in [0.1, 0.15) is 33.6 Å². The first kappa shape index (κ1) is 15.0. The summed E-state index contributed by atoms with van der Waals surface area (Å²) >= 11 is 0. The van der Waals surface area contributed by atoms with Gasteiger partial charge < -0.3 is 14.2 Å². The van der Waals surface area contributed by atoms with Crippen molar-refractivity contribution in [3.8, 4) is 0 Å². The molecule has 1 unspecified atom stereocenters. The number of esters is 1. The minimum atomic E-state index is -0.467. The molecule has 20 heavy (non-hydrogen) atoms. The number of carbonyl (C=O) groups excluding carboxylic acids is 1. The predicted molar refractivity (Wildman–Crippen MR) is 76.1 cm³/mol. The second-order valence-corrected chi connectivity index (χ2v) is 5.61. The van der Waals surface area contributed by atoms with Gasteiger partial charge in [0, 0.05) is 12.5 Å². The number of ether oxygens (including phenoxy) is 3. The molecular weight excluding hydrogens is 256 g/mol. The maximum Gasteiger partial charge on any atom is 0.331 e. The monoisotopic (exact) mass is 278 g/mol. The van der Waals surface area contributed by atoms with Crippen LogP contribution in [0, 0.1) is 0 Å².